The van der Waals surface area contributed by atoms with Crippen molar-refractivity contribution < 1.29 is 9.53 Å². The molecular weight excluding hydrogens is 212 g/mol. The van der Waals surface area contributed by atoms with Crippen molar-refractivity contribution in [3.8, 4) is 0 Å². The fraction of sp³-hybridized carbons (Fsp3) is 0.200. The molecule has 0 aliphatic heterocycles. The molecule has 1 rings (SSSR count). The van der Waals surface area contributed by atoms with Gasteiger partial charge in [-0.05, 0) is 19.4 Å². The lowest BCUT2D eigenvalue weighted by Gasteiger charge is -1.83. The summed E-state index contributed by atoms with van der Waals surface area (Å²) in [6, 6.07) is 12.0. The molecule has 0 atom stereocenters. The van der Waals surface area contributed by atoms with Gasteiger partial charge in [-0.25, -0.2) is 0 Å². The Morgan fingerprint density at radius 2 is 1.35 bits per heavy atom. The van der Waals surface area contributed by atoms with Crippen LogP contribution in [-0.2, 0) is 9.53 Å². The molecule has 1 aromatic carbocycles. The highest BCUT2D eigenvalue weighted by atomic mass is 16.5. The van der Waals surface area contributed by atoms with Crippen molar-refractivity contribution in [3.05, 3.63) is 67.1 Å². The molecule has 1 aromatic rings. The van der Waals surface area contributed by atoms with Gasteiger partial charge in [0.25, 0.3) is 0 Å². The van der Waals surface area contributed by atoms with Gasteiger partial charge in [-0.15, -0.1) is 5.73 Å². The summed E-state index contributed by atoms with van der Waals surface area (Å²) < 4.78 is 4.17. The molecule has 17 heavy (non-hydrogen) atoms. The molecule has 92 valence electrons. The van der Waals surface area contributed by atoms with Gasteiger partial charge in [-0.3, -0.25) is 4.79 Å². The van der Waals surface area contributed by atoms with E-state index in [9.17, 15) is 4.79 Å². The van der Waals surface area contributed by atoms with Gasteiger partial charge in [0.05, 0.1) is 6.26 Å². The van der Waals surface area contributed by atoms with Crippen LogP contribution in [0.15, 0.2) is 67.1 Å². The first-order chi connectivity index (χ1) is 8.04. The second-order valence-electron chi connectivity index (χ2n) is 3.11. The number of carbonyl (C=O) groups excluding carboxylic acids is 1. The number of hydrogen-bond donors (Lipinski definition) is 0. The van der Waals surface area contributed by atoms with Crippen LogP contribution in [0.2, 0.25) is 0 Å². The molecule has 0 saturated carbocycles. The number of benzene rings is 1. The van der Waals surface area contributed by atoms with Crippen LogP contribution < -0.4 is 0 Å². The molecule has 0 unspecified atom stereocenters. The second-order valence-corrected chi connectivity index (χ2v) is 3.11. The van der Waals surface area contributed by atoms with E-state index in [2.05, 4.69) is 23.6 Å². The molecule has 2 nitrogen and oxygen atoms in total. The fourth-order valence-corrected chi connectivity index (χ4v) is 0.502. The van der Waals surface area contributed by atoms with E-state index in [4.69, 9.17) is 0 Å². The smallest absolute Gasteiger partial charge is 0.307 e. The average molecular weight is 232 g/mol. The zero-order chi connectivity index (χ0) is 13.5. The summed E-state index contributed by atoms with van der Waals surface area (Å²) in [7, 11) is 0. The fourth-order valence-electron chi connectivity index (χ4n) is 0.502. The van der Waals surface area contributed by atoms with Crippen molar-refractivity contribution in [1.82, 2.24) is 0 Å². The number of rotatable bonds is 1. The molecule has 0 fully saturated rings. The topological polar surface area (TPSA) is 26.3 Å². The first kappa shape index (κ1) is 17.3. The molecule has 0 bridgehead atoms. The molecule has 0 N–H and O–H groups in total. The summed E-state index contributed by atoms with van der Waals surface area (Å²) in [5.41, 5.74) is 3.84. The van der Waals surface area contributed by atoms with Gasteiger partial charge in [0.2, 0.25) is 0 Å². The lowest BCUT2D eigenvalue weighted by Crippen LogP contribution is -1.87. The van der Waals surface area contributed by atoms with Crippen LogP contribution >= 0.6 is 0 Å². The van der Waals surface area contributed by atoms with Gasteiger partial charge in [-0.1, -0.05) is 49.6 Å². The van der Waals surface area contributed by atoms with Crippen molar-refractivity contribution in [2.75, 3.05) is 0 Å². The summed E-state index contributed by atoms with van der Waals surface area (Å²) in [5.74, 6) is -0.329. The van der Waals surface area contributed by atoms with Crippen molar-refractivity contribution in [2.24, 2.45) is 0 Å². The van der Waals surface area contributed by atoms with Crippen molar-refractivity contribution in [3.63, 3.8) is 0 Å². The van der Waals surface area contributed by atoms with E-state index < -0.39 is 0 Å². The minimum absolute atomic E-state index is 0.329. The van der Waals surface area contributed by atoms with E-state index in [1.54, 1.807) is 0 Å². The lowest BCUT2D eigenvalue weighted by molar-refractivity contribution is -0.135. The molecule has 0 heterocycles. The first-order valence-electron chi connectivity index (χ1n) is 5.16. The Balaban J connectivity index is 0. The minimum Gasteiger partial charge on any atom is -0.435 e. The van der Waals surface area contributed by atoms with Crippen LogP contribution in [-0.4, -0.2) is 5.97 Å². The van der Waals surface area contributed by atoms with Gasteiger partial charge in [0, 0.05) is 6.92 Å². The Hall–Kier alpha value is -2.05. The summed E-state index contributed by atoms with van der Waals surface area (Å²) in [5, 5.41) is 0. The standard InChI is InChI=1S/C6H6.C5H8.C4H6O2/c1-2-4-6-5-3-1;1-4-5(2)3;1-3-6-4(2)5/h1-6H;1H2,2-3H3;3H,1H2,2H3. The van der Waals surface area contributed by atoms with E-state index in [1.807, 2.05) is 50.2 Å². The zero-order valence-electron chi connectivity index (χ0n) is 10.8. The minimum atomic E-state index is -0.329. The number of hydrogen-bond acceptors (Lipinski definition) is 2. The highest BCUT2D eigenvalue weighted by molar-refractivity contribution is 5.66. The van der Waals surface area contributed by atoms with Crippen LogP contribution in [0, 0.1) is 0 Å². The number of ether oxygens (including phenoxy) is 1. The SMILES string of the molecule is C=C=C(C)C.C=COC(C)=O.c1ccccc1. The summed E-state index contributed by atoms with van der Waals surface area (Å²) in [6.45, 7) is 11.8. The molecular formula is C15H20O2. The van der Waals surface area contributed by atoms with Crippen molar-refractivity contribution in [1.29, 1.82) is 0 Å². The largest absolute Gasteiger partial charge is 0.435 e. The summed E-state index contributed by atoms with van der Waals surface area (Å²) in [6.07, 6.45) is 1.10. The van der Waals surface area contributed by atoms with Gasteiger partial charge >= 0.3 is 5.97 Å². The Bertz CT molecular complexity index is 316. The molecule has 0 aliphatic rings. The number of esters is 1. The molecule has 2 heteroatoms. The second kappa shape index (κ2) is 14.0. The third-order valence-electron chi connectivity index (χ3n) is 1.27. The lowest BCUT2D eigenvalue weighted by atomic mass is 10.4. The maximum atomic E-state index is 9.75. The highest BCUT2D eigenvalue weighted by Crippen LogP contribution is 1.80. The Morgan fingerprint density at radius 3 is 1.41 bits per heavy atom. The van der Waals surface area contributed by atoms with Crippen LogP contribution in [0.25, 0.3) is 0 Å². The molecule has 0 aromatic heterocycles. The Morgan fingerprint density at radius 1 is 1.06 bits per heavy atom. The van der Waals surface area contributed by atoms with Gasteiger partial charge in [-0.2, -0.15) is 0 Å². The van der Waals surface area contributed by atoms with E-state index >= 15 is 0 Å². The monoisotopic (exact) mass is 232 g/mol. The zero-order valence-corrected chi connectivity index (χ0v) is 10.8. The molecule has 0 saturated heterocycles. The predicted octanol–water partition coefficient (Wildman–Crippen LogP) is 4.12. The van der Waals surface area contributed by atoms with E-state index in [0.717, 1.165) is 11.8 Å². The van der Waals surface area contributed by atoms with Crippen LogP contribution in [0.3, 0.4) is 0 Å². The quantitative estimate of drug-likeness (QED) is 0.413. The van der Waals surface area contributed by atoms with Crippen molar-refractivity contribution >= 4 is 5.97 Å². The average Bonchev–Trinajstić information content (AvgIpc) is 2.32. The third kappa shape index (κ3) is 24.9. The molecule has 0 spiro atoms. The van der Waals surface area contributed by atoms with Crippen LogP contribution in [0.4, 0.5) is 0 Å². The molecule has 0 radical (unpaired) electrons. The van der Waals surface area contributed by atoms with E-state index in [0.29, 0.717) is 0 Å². The number of carbonyl (C=O) groups is 1. The first-order valence-corrected chi connectivity index (χ1v) is 5.16. The summed E-state index contributed by atoms with van der Waals surface area (Å²) >= 11 is 0. The van der Waals surface area contributed by atoms with Crippen molar-refractivity contribution in [2.45, 2.75) is 20.8 Å². The van der Waals surface area contributed by atoms with E-state index in [1.165, 1.54) is 6.92 Å². The predicted molar refractivity (Wildman–Crippen MR) is 72.4 cm³/mol. The van der Waals surface area contributed by atoms with Crippen LogP contribution in [0.1, 0.15) is 20.8 Å². The molecule has 0 amide bonds. The van der Waals surface area contributed by atoms with Gasteiger partial charge in [0.15, 0.2) is 0 Å². The number of allylic oxidation sites excluding steroid dienone is 1. The highest BCUT2D eigenvalue weighted by Gasteiger charge is 1.79. The van der Waals surface area contributed by atoms with Gasteiger partial charge < -0.3 is 4.74 Å². The maximum Gasteiger partial charge on any atom is 0.307 e. The maximum absolute atomic E-state index is 9.75. The van der Waals surface area contributed by atoms with Gasteiger partial charge in [0.1, 0.15) is 0 Å². The Kier molecular flexibility index (Phi) is 14.2. The third-order valence-corrected chi connectivity index (χ3v) is 1.27. The summed E-state index contributed by atoms with van der Waals surface area (Å²) in [4.78, 5) is 9.75. The normalized spacial score (nSPS) is 7.00. The van der Waals surface area contributed by atoms with E-state index in [-0.39, 0.29) is 5.97 Å². The molecule has 0 aliphatic carbocycles. The van der Waals surface area contributed by atoms with Crippen LogP contribution in [0.5, 0.6) is 0 Å². The Labute approximate surface area is 104 Å².